The van der Waals surface area contributed by atoms with Crippen LogP contribution in [0.25, 0.3) is 0 Å². The summed E-state index contributed by atoms with van der Waals surface area (Å²) < 4.78 is 23.8. The number of aliphatic hydroxyl groups is 1. The third kappa shape index (κ3) is 6.86. The lowest BCUT2D eigenvalue weighted by Gasteiger charge is -2.22. The van der Waals surface area contributed by atoms with Gasteiger partial charge in [-0.1, -0.05) is 0 Å². The van der Waals surface area contributed by atoms with Crippen molar-refractivity contribution in [2.24, 2.45) is 0 Å². The highest BCUT2D eigenvalue weighted by atomic mass is 19.3. The van der Waals surface area contributed by atoms with E-state index in [1.165, 1.54) is 0 Å². The van der Waals surface area contributed by atoms with Gasteiger partial charge in [0.25, 0.3) is 6.43 Å². The SMILES string of the molecule is CNC(CCO)CN(C)CC(F)F. The first kappa shape index (κ1) is 12.7. The molecule has 1 atom stereocenters. The summed E-state index contributed by atoms with van der Waals surface area (Å²) in [6.07, 6.45) is -1.71. The monoisotopic (exact) mass is 196 g/mol. The zero-order chi connectivity index (χ0) is 10.3. The zero-order valence-electron chi connectivity index (χ0n) is 8.13. The van der Waals surface area contributed by atoms with Gasteiger partial charge in [0, 0.05) is 19.2 Å². The van der Waals surface area contributed by atoms with Crippen molar-refractivity contribution < 1.29 is 13.9 Å². The smallest absolute Gasteiger partial charge is 0.251 e. The van der Waals surface area contributed by atoms with Crippen molar-refractivity contribution >= 4 is 0 Å². The van der Waals surface area contributed by atoms with Gasteiger partial charge in [-0.25, -0.2) is 8.78 Å². The molecule has 0 aliphatic heterocycles. The topological polar surface area (TPSA) is 35.5 Å². The third-order valence-corrected chi connectivity index (χ3v) is 1.87. The van der Waals surface area contributed by atoms with Crippen LogP contribution in [0, 0.1) is 0 Å². The molecule has 0 fully saturated rings. The van der Waals surface area contributed by atoms with Crippen LogP contribution in [0.4, 0.5) is 8.78 Å². The predicted octanol–water partition coefficient (Wildman–Crippen LogP) is 0.154. The van der Waals surface area contributed by atoms with E-state index in [4.69, 9.17) is 5.11 Å². The Morgan fingerprint density at radius 2 is 2.00 bits per heavy atom. The Kier molecular flexibility index (Phi) is 7.03. The summed E-state index contributed by atoms with van der Waals surface area (Å²) in [5, 5.41) is 11.6. The number of halogens is 2. The molecule has 0 saturated carbocycles. The lowest BCUT2D eigenvalue weighted by molar-refractivity contribution is 0.0945. The van der Waals surface area contributed by atoms with Crippen LogP contribution < -0.4 is 5.32 Å². The highest BCUT2D eigenvalue weighted by Gasteiger charge is 2.12. The second kappa shape index (κ2) is 7.17. The summed E-state index contributed by atoms with van der Waals surface area (Å²) >= 11 is 0. The average molecular weight is 196 g/mol. The van der Waals surface area contributed by atoms with Gasteiger partial charge in [0.05, 0.1) is 6.54 Å². The Balaban J connectivity index is 3.65. The molecule has 1 unspecified atom stereocenters. The molecule has 0 aromatic carbocycles. The van der Waals surface area contributed by atoms with Crippen molar-refractivity contribution in [2.45, 2.75) is 18.9 Å². The van der Waals surface area contributed by atoms with Gasteiger partial charge in [0.2, 0.25) is 0 Å². The van der Waals surface area contributed by atoms with Crippen LogP contribution in [-0.4, -0.2) is 56.3 Å². The Morgan fingerprint density at radius 3 is 2.38 bits per heavy atom. The molecule has 0 spiro atoms. The summed E-state index contributed by atoms with van der Waals surface area (Å²) in [4.78, 5) is 1.56. The molecule has 80 valence electrons. The standard InChI is InChI=1S/C8H18F2N2O/c1-11-7(3-4-13)5-12(2)6-8(9)10/h7-8,11,13H,3-6H2,1-2H3. The Hall–Kier alpha value is -0.260. The molecule has 0 saturated heterocycles. The van der Waals surface area contributed by atoms with Gasteiger partial charge in [0.1, 0.15) is 0 Å². The van der Waals surface area contributed by atoms with Crippen molar-refractivity contribution in [1.82, 2.24) is 10.2 Å². The highest BCUT2D eigenvalue weighted by Crippen LogP contribution is 1.98. The summed E-state index contributed by atoms with van der Waals surface area (Å²) in [5.41, 5.74) is 0. The number of likely N-dealkylation sites (N-methyl/N-ethyl adjacent to an activating group) is 2. The van der Waals surface area contributed by atoms with Gasteiger partial charge < -0.3 is 10.4 Å². The number of alkyl halides is 2. The van der Waals surface area contributed by atoms with Gasteiger partial charge in [-0.3, -0.25) is 4.90 Å². The van der Waals surface area contributed by atoms with E-state index in [0.717, 1.165) is 0 Å². The van der Waals surface area contributed by atoms with E-state index >= 15 is 0 Å². The number of hydrogen-bond acceptors (Lipinski definition) is 3. The first-order chi connectivity index (χ1) is 6.10. The highest BCUT2D eigenvalue weighted by molar-refractivity contribution is 4.68. The minimum Gasteiger partial charge on any atom is -0.396 e. The van der Waals surface area contributed by atoms with Crippen LogP contribution in [0.3, 0.4) is 0 Å². The normalized spacial score (nSPS) is 14.1. The van der Waals surface area contributed by atoms with Crippen LogP contribution >= 0.6 is 0 Å². The molecule has 0 aromatic rings. The summed E-state index contributed by atoms with van der Waals surface area (Å²) in [7, 11) is 3.41. The molecule has 5 heteroatoms. The van der Waals surface area contributed by atoms with E-state index in [1.807, 2.05) is 0 Å². The minimum atomic E-state index is -2.29. The van der Waals surface area contributed by atoms with E-state index < -0.39 is 6.43 Å². The maximum Gasteiger partial charge on any atom is 0.251 e. The summed E-state index contributed by atoms with van der Waals surface area (Å²) in [6.45, 7) is 0.388. The zero-order valence-corrected chi connectivity index (χ0v) is 8.13. The second-order valence-electron chi connectivity index (χ2n) is 3.11. The van der Waals surface area contributed by atoms with Crippen LogP contribution in [0.5, 0.6) is 0 Å². The number of nitrogens with one attached hydrogen (secondary N) is 1. The molecule has 0 rings (SSSR count). The molecule has 0 radical (unpaired) electrons. The molecular formula is C8H18F2N2O. The van der Waals surface area contributed by atoms with Crippen molar-refractivity contribution in [1.29, 1.82) is 0 Å². The van der Waals surface area contributed by atoms with Gasteiger partial charge in [0.15, 0.2) is 0 Å². The lowest BCUT2D eigenvalue weighted by atomic mass is 10.2. The van der Waals surface area contributed by atoms with Crippen molar-refractivity contribution in [3.05, 3.63) is 0 Å². The largest absolute Gasteiger partial charge is 0.396 e. The quantitative estimate of drug-likeness (QED) is 0.608. The van der Waals surface area contributed by atoms with Crippen molar-refractivity contribution in [3.8, 4) is 0 Å². The third-order valence-electron chi connectivity index (χ3n) is 1.87. The number of hydrogen-bond donors (Lipinski definition) is 2. The molecule has 0 amide bonds. The molecule has 0 heterocycles. The molecule has 0 bridgehead atoms. The number of rotatable bonds is 7. The fourth-order valence-electron chi connectivity index (χ4n) is 1.17. The maximum atomic E-state index is 11.9. The van der Waals surface area contributed by atoms with E-state index in [1.54, 1.807) is 19.0 Å². The van der Waals surface area contributed by atoms with Crippen LogP contribution in [-0.2, 0) is 0 Å². The van der Waals surface area contributed by atoms with E-state index in [-0.39, 0.29) is 19.2 Å². The van der Waals surface area contributed by atoms with Gasteiger partial charge in [-0.2, -0.15) is 0 Å². The fraction of sp³-hybridized carbons (Fsp3) is 1.00. The molecule has 2 N–H and O–H groups in total. The minimum absolute atomic E-state index is 0.0774. The van der Waals surface area contributed by atoms with E-state index in [9.17, 15) is 8.78 Å². The van der Waals surface area contributed by atoms with Crippen molar-refractivity contribution in [3.63, 3.8) is 0 Å². The Morgan fingerprint density at radius 1 is 1.38 bits per heavy atom. The average Bonchev–Trinajstić information content (AvgIpc) is 2.02. The molecular weight excluding hydrogens is 178 g/mol. The summed E-state index contributed by atoms with van der Waals surface area (Å²) in [6, 6.07) is 0.0775. The maximum absolute atomic E-state index is 11.9. The van der Waals surface area contributed by atoms with E-state index in [2.05, 4.69) is 5.32 Å². The van der Waals surface area contributed by atoms with Crippen molar-refractivity contribution in [2.75, 3.05) is 33.8 Å². The second-order valence-corrected chi connectivity index (χ2v) is 3.11. The molecule has 0 aliphatic carbocycles. The number of nitrogens with zero attached hydrogens (tertiary/aromatic N) is 1. The van der Waals surface area contributed by atoms with Crippen LogP contribution in [0.15, 0.2) is 0 Å². The molecule has 0 aliphatic rings. The van der Waals surface area contributed by atoms with E-state index in [0.29, 0.717) is 13.0 Å². The Bertz CT molecular complexity index is 125. The predicted molar refractivity (Wildman–Crippen MR) is 48.1 cm³/mol. The van der Waals surface area contributed by atoms with Gasteiger partial charge >= 0.3 is 0 Å². The summed E-state index contributed by atoms with van der Waals surface area (Å²) in [5.74, 6) is 0. The number of aliphatic hydroxyl groups excluding tert-OH is 1. The molecule has 3 nitrogen and oxygen atoms in total. The molecule has 13 heavy (non-hydrogen) atoms. The van der Waals surface area contributed by atoms with Gasteiger partial charge in [-0.15, -0.1) is 0 Å². The fourth-order valence-corrected chi connectivity index (χ4v) is 1.17. The van der Waals surface area contributed by atoms with Crippen LogP contribution in [0.2, 0.25) is 0 Å². The molecule has 0 aromatic heterocycles. The first-order valence-electron chi connectivity index (χ1n) is 4.35. The lowest BCUT2D eigenvalue weighted by Crippen LogP contribution is -2.39. The van der Waals surface area contributed by atoms with Crippen LogP contribution in [0.1, 0.15) is 6.42 Å². The Labute approximate surface area is 77.7 Å². The first-order valence-corrected chi connectivity index (χ1v) is 4.35. The van der Waals surface area contributed by atoms with Gasteiger partial charge in [-0.05, 0) is 20.5 Å².